The maximum absolute atomic E-state index is 6.00. The monoisotopic (exact) mass is 314 g/mol. The summed E-state index contributed by atoms with van der Waals surface area (Å²) in [4.78, 5) is -0.381. The highest BCUT2D eigenvalue weighted by Crippen LogP contribution is 2.34. The van der Waals surface area contributed by atoms with Gasteiger partial charge in [-0.3, -0.25) is 0 Å². The van der Waals surface area contributed by atoms with E-state index in [2.05, 4.69) is 61.5 Å². The summed E-state index contributed by atoms with van der Waals surface area (Å²) in [6.45, 7) is 2.14. The van der Waals surface area contributed by atoms with Gasteiger partial charge in [-0.05, 0) is 39.9 Å². The zero-order chi connectivity index (χ0) is 14.8. The number of alkyl halides is 2. The summed E-state index contributed by atoms with van der Waals surface area (Å²) in [6, 6.07) is 21.2. The second kappa shape index (κ2) is 6.09. The standard InChI is InChI=1S/C19H16Cl2/c1-13-15(12-19(20)21)11-18(14-7-3-2-4-8-14)17-10-6-5-9-16(13)17/h2-11,19H,12H2,1H3. The van der Waals surface area contributed by atoms with Crippen LogP contribution in [0.5, 0.6) is 0 Å². The highest BCUT2D eigenvalue weighted by molar-refractivity contribution is 6.44. The predicted octanol–water partition coefficient (Wildman–Crippen LogP) is 6.16. The van der Waals surface area contributed by atoms with Gasteiger partial charge in [-0.25, -0.2) is 0 Å². The Labute approximate surface area is 135 Å². The van der Waals surface area contributed by atoms with E-state index < -0.39 is 0 Å². The Morgan fingerprint density at radius 1 is 0.857 bits per heavy atom. The fourth-order valence-corrected chi connectivity index (χ4v) is 3.15. The molecule has 106 valence electrons. The van der Waals surface area contributed by atoms with E-state index in [1.807, 2.05) is 6.07 Å². The first-order chi connectivity index (χ1) is 10.2. The predicted molar refractivity (Wildman–Crippen MR) is 93.3 cm³/mol. The van der Waals surface area contributed by atoms with Crippen LogP contribution >= 0.6 is 23.2 Å². The maximum atomic E-state index is 6.00. The first kappa shape index (κ1) is 14.4. The van der Waals surface area contributed by atoms with Crippen LogP contribution in [-0.2, 0) is 6.42 Å². The van der Waals surface area contributed by atoms with Gasteiger partial charge in [-0.2, -0.15) is 0 Å². The normalized spacial score (nSPS) is 11.2. The van der Waals surface area contributed by atoms with E-state index in [0.717, 1.165) is 0 Å². The molecule has 0 spiro atoms. The molecule has 3 aromatic carbocycles. The smallest absolute Gasteiger partial charge is 0.105 e. The number of benzene rings is 3. The molecule has 0 amide bonds. The van der Waals surface area contributed by atoms with Gasteiger partial charge < -0.3 is 0 Å². The summed E-state index contributed by atoms with van der Waals surface area (Å²) in [5.74, 6) is 0. The molecule has 2 heteroatoms. The lowest BCUT2D eigenvalue weighted by Gasteiger charge is -2.15. The topological polar surface area (TPSA) is 0 Å². The van der Waals surface area contributed by atoms with Crippen molar-refractivity contribution in [2.75, 3.05) is 0 Å². The molecule has 3 aromatic rings. The Morgan fingerprint density at radius 2 is 1.48 bits per heavy atom. The maximum Gasteiger partial charge on any atom is 0.111 e. The molecular weight excluding hydrogens is 299 g/mol. The Bertz CT molecular complexity index is 761. The zero-order valence-electron chi connectivity index (χ0n) is 11.8. The van der Waals surface area contributed by atoms with Gasteiger partial charge in [-0.15, -0.1) is 23.2 Å². The van der Waals surface area contributed by atoms with Crippen molar-refractivity contribution < 1.29 is 0 Å². The van der Waals surface area contributed by atoms with E-state index in [4.69, 9.17) is 23.2 Å². The number of halogens is 2. The average Bonchev–Trinajstić information content (AvgIpc) is 2.51. The highest BCUT2D eigenvalue weighted by Gasteiger charge is 2.12. The summed E-state index contributed by atoms with van der Waals surface area (Å²) >= 11 is 12.0. The summed E-state index contributed by atoms with van der Waals surface area (Å²) in [6.07, 6.45) is 0.666. The van der Waals surface area contributed by atoms with Crippen molar-refractivity contribution in [3.63, 3.8) is 0 Å². The van der Waals surface area contributed by atoms with Gasteiger partial charge >= 0.3 is 0 Å². The van der Waals surface area contributed by atoms with Gasteiger partial charge in [0.15, 0.2) is 0 Å². The lowest BCUT2D eigenvalue weighted by molar-refractivity contribution is 1.07. The van der Waals surface area contributed by atoms with Gasteiger partial charge in [0, 0.05) is 6.42 Å². The highest BCUT2D eigenvalue weighted by atomic mass is 35.5. The number of hydrogen-bond acceptors (Lipinski definition) is 0. The molecule has 0 aliphatic rings. The second-order valence-corrected chi connectivity index (χ2v) is 6.49. The molecule has 0 N–H and O–H groups in total. The molecule has 0 heterocycles. The van der Waals surface area contributed by atoms with E-state index in [9.17, 15) is 0 Å². The molecule has 0 radical (unpaired) electrons. The van der Waals surface area contributed by atoms with Gasteiger partial charge in [0.05, 0.1) is 0 Å². The van der Waals surface area contributed by atoms with Crippen molar-refractivity contribution in [3.05, 3.63) is 71.8 Å². The van der Waals surface area contributed by atoms with E-state index in [-0.39, 0.29) is 4.84 Å². The lowest BCUT2D eigenvalue weighted by atomic mass is 9.91. The molecule has 0 aromatic heterocycles. The van der Waals surface area contributed by atoms with Crippen LogP contribution in [0.3, 0.4) is 0 Å². The van der Waals surface area contributed by atoms with Crippen molar-refractivity contribution in [2.45, 2.75) is 18.2 Å². The van der Waals surface area contributed by atoms with E-state index >= 15 is 0 Å². The van der Waals surface area contributed by atoms with Gasteiger partial charge in [0.25, 0.3) is 0 Å². The molecule has 0 bridgehead atoms. The minimum Gasteiger partial charge on any atom is -0.105 e. The molecular formula is C19H16Cl2. The summed E-state index contributed by atoms with van der Waals surface area (Å²) in [7, 11) is 0. The van der Waals surface area contributed by atoms with Crippen LogP contribution in [0.1, 0.15) is 11.1 Å². The number of aryl methyl sites for hydroxylation is 1. The molecule has 3 rings (SSSR count). The van der Waals surface area contributed by atoms with Crippen molar-refractivity contribution in [1.82, 2.24) is 0 Å². The molecule has 0 aliphatic carbocycles. The van der Waals surface area contributed by atoms with E-state index in [0.29, 0.717) is 6.42 Å². The van der Waals surface area contributed by atoms with Crippen molar-refractivity contribution in [1.29, 1.82) is 0 Å². The quantitative estimate of drug-likeness (QED) is 0.508. The fraction of sp³-hybridized carbons (Fsp3) is 0.158. The molecule has 0 saturated heterocycles. The van der Waals surface area contributed by atoms with Crippen LogP contribution in [0.4, 0.5) is 0 Å². The first-order valence-corrected chi connectivity index (χ1v) is 7.89. The minimum atomic E-state index is -0.381. The number of rotatable bonds is 3. The van der Waals surface area contributed by atoms with E-state index in [1.54, 1.807) is 0 Å². The van der Waals surface area contributed by atoms with Crippen molar-refractivity contribution >= 4 is 34.0 Å². The molecule has 0 unspecified atom stereocenters. The first-order valence-electron chi connectivity index (χ1n) is 7.01. The van der Waals surface area contributed by atoms with Gasteiger partial charge in [-0.1, -0.05) is 60.7 Å². The molecule has 21 heavy (non-hydrogen) atoms. The molecule has 0 fully saturated rings. The van der Waals surface area contributed by atoms with Gasteiger partial charge in [0.2, 0.25) is 0 Å². The molecule has 0 saturated carbocycles. The molecule has 0 nitrogen and oxygen atoms in total. The van der Waals surface area contributed by atoms with Crippen molar-refractivity contribution in [2.24, 2.45) is 0 Å². The molecule has 0 atom stereocenters. The Balaban J connectivity index is 2.30. The molecule has 0 aliphatic heterocycles. The second-order valence-electron chi connectivity index (χ2n) is 5.22. The van der Waals surface area contributed by atoms with Crippen LogP contribution in [0.2, 0.25) is 0 Å². The van der Waals surface area contributed by atoms with Crippen LogP contribution in [0.15, 0.2) is 60.7 Å². The lowest BCUT2D eigenvalue weighted by Crippen LogP contribution is -1.99. The third-order valence-corrected chi connectivity index (χ3v) is 4.19. The number of fused-ring (bicyclic) bond motifs is 1. The third-order valence-electron chi connectivity index (χ3n) is 3.88. The summed E-state index contributed by atoms with van der Waals surface area (Å²) in [5, 5.41) is 2.54. The van der Waals surface area contributed by atoms with Crippen LogP contribution in [0, 0.1) is 6.92 Å². The largest absolute Gasteiger partial charge is 0.111 e. The minimum absolute atomic E-state index is 0.381. The third kappa shape index (κ3) is 2.92. The van der Waals surface area contributed by atoms with Gasteiger partial charge in [0.1, 0.15) is 4.84 Å². The van der Waals surface area contributed by atoms with Crippen LogP contribution in [0.25, 0.3) is 21.9 Å². The Kier molecular flexibility index (Phi) is 4.19. The Hall–Kier alpha value is -1.50. The van der Waals surface area contributed by atoms with E-state index in [1.165, 1.54) is 33.0 Å². The Morgan fingerprint density at radius 3 is 2.14 bits per heavy atom. The average molecular weight is 315 g/mol. The fourth-order valence-electron chi connectivity index (χ4n) is 2.81. The van der Waals surface area contributed by atoms with Crippen LogP contribution in [-0.4, -0.2) is 4.84 Å². The SMILES string of the molecule is Cc1c(CC(Cl)Cl)cc(-c2ccccc2)c2ccccc12. The number of hydrogen-bond donors (Lipinski definition) is 0. The van der Waals surface area contributed by atoms with Crippen molar-refractivity contribution in [3.8, 4) is 11.1 Å². The summed E-state index contributed by atoms with van der Waals surface area (Å²) in [5.41, 5.74) is 4.93. The summed E-state index contributed by atoms with van der Waals surface area (Å²) < 4.78 is 0. The zero-order valence-corrected chi connectivity index (χ0v) is 13.3. The van der Waals surface area contributed by atoms with Crippen LogP contribution < -0.4 is 0 Å².